The van der Waals surface area contributed by atoms with Crippen LogP contribution in [0.25, 0.3) is 0 Å². The third-order valence-corrected chi connectivity index (χ3v) is 10.3. The minimum absolute atomic E-state index is 0.0388. The van der Waals surface area contributed by atoms with Gasteiger partial charge in [-0.15, -0.1) is 0 Å². The Morgan fingerprint density at radius 1 is 1.17 bits per heavy atom. The van der Waals surface area contributed by atoms with Crippen molar-refractivity contribution in [1.29, 1.82) is 0 Å². The number of halogens is 4. The molecule has 3 N–H and O–H groups in total. The van der Waals surface area contributed by atoms with Gasteiger partial charge in [-0.05, 0) is 49.8 Å². The average Bonchev–Trinajstić information content (AvgIpc) is 2.88. The van der Waals surface area contributed by atoms with Gasteiger partial charge in [-0.3, -0.25) is 9.59 Å². The van der Waals surface area contributed by atoms with Gasteiger partial charge in [-0.25, -0.2) is 21.6 Å². The van der Waals surface area contributed by atoms with Crippen LogP contribution in [0.4, 0.5) is 18.9 Å². The molecule has 1 aliphatic rings. The van der Waals surface area contributed by atoms with Crippen LogP contribution in [0, 0.1) is 29.3 Å². The summed E-state index contributed by atoms with van der Waals surface area (Å²) in [6, 6.07) is 4.46. The number of methoxy groups -OCH3 is 1. The van der Waals surface area contributed by atoms with E-state index in [1.54, 1.807) is 13.8 Å². The number of carbonyl (C=O) groups is 2. The van der Waals surface area contributed by atoms with Gasteiger partial charge in [-0.1, -0.05) is 31.9 Å². The summed E-state index contributed by atoms with van der Waals surface area (Å²) in [4.78, 5) is 25.1. The molecule has 0 aromatic heterocycles. The fourth-order valence-corrected chi connectivity index (χ4v) is 7.92. The van der Waals surface area contributed by atoms with Gasteiger partial charge < -0.3 is 20.5 Å². The van der Waals surface area contributed by atoms with Gasteiger partial charge in [0.15, 0.2) is 27.3 Å². The quantitative estimate of drug-likeness (QED) is 0.326. The van der Waals surface area contributed by atoms with Crippen LogP contribution in [0.1, 0.15) is 56.8 Å². The number of ether oxygens (including phenoxy) is 1. The van der Waals surface area contributed by atoms with Gasteiger partial charge in [0, 0.05) is 36.5 Å². The number of hydrogen-bond donors (Lipinski definition) is 3. The molecule has 2 amide bonds. The van der Waals surface area contributed by atoms with Crippen molar-refractivity contribution in [2.75, 3.05) is 19.0 Å². The van der Waals surface area contributed by atoms with Crippen molar-refractivity contribution >= 4 is 38.9 Å². The molecule has 13 heteroatoms. The fraction of sp³-hybridized carbons (Fsp3) is 0.500. The Labute approximate surface area is 242 Å². The number of rotatable bonds is 10. The van der Waals surface area contributed by atoms with Crippen LogP contribution in [-0.2, 0) is 19.4 Å². The van der Waals surface area contributed by atoms with E-state index in [1.165, 1.54) is 19.2 Å². The van der Waals surface area contributed by atoms with Crippen LogP contribution >= 0.6 is 11.6 Å². The lowest BCUT2D eigenvalue weighted by Gasteiger charge is -2.47. The lowest BCUT2D eigenvalue weighted by Crippen LogP contribution is -2.54. The summed E-state index contributed by atoms with van der Waals surface area (Å²) in [5.74, 6) is -7.05. The molecule has 1 aliphatic carbocycles. The molecule has 0 heterocycles. The Kier molecular flexibility index (Phi) is 10.5. The SMILES string of the molecule is CCC1C[C@@H](S(=O)(=O)c2cc(C(=O)Nc3cc(F)c(F)c(F)c3)ccc2Cl)C[C@H](C)[C@@]1(O)CC(=O)N[C@@H](C)COC. The Balaban J connectivity index is 1.84. The number of aliphatic hydroxyl groups is 1. The van der Waals surface area contributed by atoms with E-state index >= 15 is 0 Å². The summed E-state index contributed by atoms with van der Waals surface area (Å²) in [6.45, 7) is 5.57. The zero-order valence-electron chi connectivity index (χ0n) is 23.1. The number of sulfone groups is 1. The molecule has 8 nitrogen and oxygen atoms in total. The van der Waals surface area contributed by atoms with Crippen molar-refractivity contribution in [2.24, 2.45) is 11.8 Å². The highest BCUT2D eigenvalue weighted by atomic mass is 35.5. The Hall–Kier alpha value is -2.67. The molecule has 0 spiro atoms. The maximum Gasteiger partial charge on any atom is 0.255 e. The molecule has 3 rings (SSSR count). The van der Waals surface area contributed by atoms with Gasteiger partial charge >= 0.3 is 0 Å². The first-order chi connectivity index (χ1) is 19.1. The van der Waals surface area contributed by atoms with E-state index in [-0.39, 0.29) is 52.4 Å². The molecule has 0 radical (unpaired) electrons. The summed E-state index contributed by atoms with van der Waals surface area (Å²) < 4.78 is 73.0. The Bertz CT molecular complexity index is 1390. The fourth-order valence-electron chi connectivity index (χ4n) is 5.46. The second-order valence-corrected chi connectivity index (χ2v) is 13.2. The zero-order chi connectivity index (χ0) is 30.7. The van der Waals surface area contributed by atoms with Gasteiger partial charge in [0.25, 0.3) is 5.91 Å². The van der Waals surface area contributed by atoms with Crippen molar-refractivity contribution in [3.05, 3.63) is 58.4 Å². The van der Waals surface area contributed by atoms with E-state index in [9.17, 15) is 36.3 Å². The number of carbonyl (C=O) groups excluding carboxylic acids is 2. The predicted octanol–water partition coefficient (Wildman–Crippen LogP) is 4.88. The van der Waals surface area contributed by atoms with E-state index < -0.39 is 55.9 Å². The van der Waals surface area contributed by atoms with Crippen LogP contribution in [0.2, 0.25) is 5.02 Å². The topological polar surface area (TPSA) is 122 Å². The number of anilines is 1. The molecule has 1 saturated carbocycles. The maximum atomic E-state index is 13.8. The second-order valence-electron chi connectivity index (χ2n) is 10.6. The molecule has 41 heavy (non-hydrogen) atoms. The first kappa shape index (κ1) is 32.8. The van der Waals surface area contributed by atoms with Crippen LogP contribution in [-0.4, -0.2) is 55.9 Å². The molecule has 5 atom stereocenters. The van der Waals surface area contributed by atoms with Crippen molar-refractivity contribution in [3.63, 3.8) is 0 Å². The van der Waals surface area contributed by atoms with Crippen molar-refractivity contribution in [3.8, 4) is 0 Å². The zero-order valence-corrected chi connectivity index (χ0v) is 24.7. The van der Waals surface area contributed by atoms with Crippen molar-refractivity contribution in [1.82, 2.24) is 5.32 Å². The van der Waals surface area contributed by atoms with Gasteiger partial charge in [-0.2, -0.15) is 0 Å². The minimum Gasteiger partial charge on any atom is -0.389 e. The standard InChI is InChI=1S/C28H34ClF3N2O6S/c1-5-18-10-20(8-15(2)28(18,37)13-25(35)33-16(3)14-40-4)41(38,39)24-9-17(6-7-21(24)29)27(36)34-19-11-22(30)26(32)23(31)12-19/h6-7,9,11-12,15-16,18,20,37H,5,8,10,13-14H2,1-4H3,(H,33,35)(H,34,36)/t15-,16-,18?,20-,28-/m0/s1. The highest BCUT2D eigenvalue weighted by molar-refractivity contribution is 7.92. The predicted molar refractivity (Wildman–Crippen MR) is 148 cm³/mol. The lowest BCUT2D eigenvalue weighted by atomic mass is 9.66. The first-order valence-electron chi connectivity index (χ1n) is 13.1. The molecule has 226 valence electrons. The van der Waals surface area contributed by atoms with Crippen molar-refractivity contribution < 1.29 is 41.0 Å². The van der Waals surface area contributed by atoms with Crippen LogP contribution in [0.5, 0.6) is 0 Å². The molecule has 2 aromatic rings. The van der Waals surface area contributed by atoms with E-state index in [2.05, 4.69) is 10.6 Å². The van der Waals surface area contributed by atoms with E-state index in [0.717, 1.165) is 6.07 Å². The monoisotopic (exact) mass is 618 g/mol. The second kappa shape index (κ2) is 13.1. The Morgan fingerprint density at radius 2 is 1.80 bits per heavy atom. The van der Waals surface area contributed by atoms with Crippen LogP contribution < -0.4 is 10.6 Å². The summed E-state index contributed by atoms with van der Waals surface area (Å²) in [6.07, 6.45) is 0.307. The number of amides is 2. The van der Waals surface area contributed by atoms with Gasteiger partial charge in [0.2, 0.25) is 5.91 Å². The average molecular weight is 619 g/mol. The molecule has 2 aromatic carbocycles. The van der Waals surface area contributed by atoms with Gasteiger partial charge in [0.05, 0.1) is 33.8 Å². The van der Waals surface area contributed by atoms with E-state index in [4.69, 9.17) is 16.3 Å². The summed E-state index contributed by atoms with van der Waals surface area (Å²) in [5, 5.41) is 15.5. The normalized spacial score (nSPS) is 23.6. The van der Waals surface area contributed by atoms with Crippen LogP contribution in [0.3, 0.4) is 0 Å². The summed E-state index contributed by atoms with van der Waals surface area (Å²) in [7, 11) is -2.62. The molecule has 0 bridgehead atoms. The molecule has 0 aliphatic heterocycles. The Morgan fingerprint density at radius 3 is 2.39 bits per heavy atom. The summed E-state index contributed by atoms with van der Waals surface area (Å²) in [5.41, 5.74) is -1.96. The molecule has 1 fully saturated rings. The lowest BCUT2D eigenvalue weighted by molar-refractivity contribution is -0.138. The van der Waals surface area contributed by atoms with Gasteiger partial charge in [0.1, 0.15) is 0 Å². The molecular weight excluding hydrogens is 585 g/mol. The third-order valence-electron chi connectivity index (χ3n) is 7.67. The molecule has 1 unspecified atom stereocenters. The molecule has 0 saturated heterocycles. The van der Waals surface area contributed by atoms with E-state index in [1.807, 2.05) is 6.92 Å². The van der Waals surface area contributed by atoms with Crippen molar-refractivity contribution in [2.45, 2.75) is 68.2 Å². The highest BCUT2D eigenvalue weighted by Gasteiger charge is 2.50. The largest absolute Gasteiger partial charge is 0.389 e. The number of benzene rings is 2. The van der Waals surface area contributed by atoms with Crippen LogP contribution in [0.15, 0.2) is 35.2 Å². The minimum atomic E-state index is -4.13. The maximum absolute atomic E-state index is 13.8. The smallest absolute Gasteiger partial charge is 0.255 e. The highest BCUT2D eigenvalue weighted by Crippen LogP contribution is 2.46. The number of nitrogens with one attached hydrogen (secondary N) is 2. The molecular formula is C28H34ClF3N2O6S. The van der Waals surface area contributed by atoms with E-state index in [0.29, 0.717) is 25.2 Å². The first-order valence-corrected chi connectivity index (χ1v) is 15.1. The number of hydrogen-bond acceptors (Lipinski definition) is 6. The summed E-state index contributed by atoms with van der Waals surface area (Å²) >= 11 is 6.27. The third kappa shape index (κ3) is 7.22.